The maximum Gasteiger partial charge on any atom is 0.0918 e. The Bertz CT molecular complexity index is 289. The Morgan fingerprint density at radius 3 is 2.80 bits per heavy atom. The molecule has 0 spiro atoms. The standard InChI is InChI=1S/C10H18N2O2S/c1-7(2)9-10(15-12-11-9)8(13)5-4-6-14-3/h7-8,13H,4-6H2,1-3H3. The molecule has 1 heterocycles. The van der Waals surface area contributed by atoms with Crippen molar-refractivity contribution < 1.29 is 9.84 Å². The maximum absolute atomic E-state index is 9.94. The minimum absolute atomic E-state index is 0.316. The molecule has 1 aromatic rings. The summed E-state index contributed by atoms with van der Waals surface area (Å²) in [5.74, 6) is 0.316. The summed E-state index contributed by atoms with van der Waals surface area (Å²) in [4.78, 5) is 0.904. The predicted molar refractivity (Wildman–Crippen MR) is 60.1 cm³/mol. The summed E-state index contributed by atoms with van der Waals surface area (Å²) in [6, 6.07) is 0. The van der Waals surface area contributed by atoms with Crippen LogP contribution in [0.15, 0.2) is 0 Å². The number of rotatable bonds is 6. The van der Waals surface area contributed by atoms with Crippen LogP contribution in [-0.2, 0) is 4.74 Å². The minimum Gasteiger partial charge on any atom is -0.387 e. The Hall–Kier alpha value is -0.520. The molecule has 4 nitrogen and oxygen atoms in total. The van der Waals surface area contributed by atoms with Gasteiger partial charge in [-0.05, 0) is 30.3 Å². The van der Waals surface area contributed by atoms with Gasteiger partial charge >= 0.3 is 0 Å². The summed E-state index contributed by atoms with van der Waals surface area (Å²) in [6.07, 6.45) is 1.11. The van der Waals surface area contributed by atoms with Crippen molar-refractivity contribution in [2.45, 2.75) is 38.7 Å². The smallest absolute Gasteiger partial charge is 0.0918 e. The van der Waals surface area contributed by atoms with Gasteiger partial charge in [0.2, 0.25) is 0 Å². The van der Waals surface area contributed by atoms with Gasteiger partial charge in [0.05, 0.1) is 16.7 Å². The monoisotopic (exact) mass is 230 g/mol. The van der Waals surface area contributed by atoms with Gasteiger partial charge in [0.1, 0.15) is 0 Å². The lowest BCUT2D eigenvalue weighted by atomic mass is 10.1. The minimum atomic E-state index is -0.447. The molecule has 0 aliphatic heterocycles. The molecule has 0 bridgehead atoms. The molecule has 5 heteroatoms. The topological polar surface area (TPSA) is 55.2 Å². The van der Waals surface area contributed by atoms with Crippen LogP contribution in [0.4, 0.5) is 0 Å². The van der Waals surface area contributed by atoms with Gasteiger partial charge in [-0.1, -0.05) is 18.3 Å². The molecule has 0 saturated heterocycles. The maximum atomic E-state index is 9.94. The second-order valence-electron chi connectivity index (χ2n) is 3.83. The number of aromatic nitrogens is 2. The predicted octanol–water partition coefficient (Wildman–Crippen LogP) is 2.12. The summed E-state index contributed by atoms with van der Waals surface area (Å²) in [5.41, 5.74) is 0.921. The molecule has 1 unspecified atom stereocenters. The van der Waals surface area contributed by atoms with Gasteiger partial charge in [-0.3, -0.25) is 0 Å². The van der Waals surface area contributed by atoms with Gasteiger partial charge in [-0.2, -0.15) is 0 Å². The van der Waals surface area contributed by atoms with E-state index in [0.29, 0.717) is 18.9 Å². The van der Waals surface area contributed by atoms with E-state index in [1.54, 1.807) is 7.11 Å². The first-order valence-electron chi connectivity index (χ1n) is 5.16. The number of hydrogen-bond donors (Lipinski definition) is 1. The fourth-order valence-corrected chi connectivity index (χ4v) is 2.21. The lowest BCUT2D eigenvalue weighted by Crippen LogP contribution is -2.02. The molecule has 1 aromatic heterocycles. The summed E-state index contributed by atoms with van der Waals surface area (Å²) in [6.45, 7) is 4.80. The summed E-state index contributed by atoms with van der Waals surface area (Å²) < 4.78 is 8.84. The number of aliphatic hydroxyl groups is 1. The third-order valence-electron chi connectivity index (χ3n) is 2.22. The van der Waals surface area contributed by atoms with Crippen LogP contribution in [0.5, 0.6) is 0 Å². The SMILES string of the molecule is COCCCC(O)c1snnc1C(C)C. The van der Waals surface area contributed by atoms with Gasteiger partial charge in [-0.25, -0.2) is 0 Å². The molecule has 15 heavy (non-hydrogen) atoms. The van der Waals surface area contributed by atoms with Crippen LogP contribution in [0.2, 0.25) is 0 Å². The third-order valence-corrected chi connectivity index (χ3v) is 3.06. The van der Waals surface area contributed by atoms with Gasteiger partial charge in [-0.15, -0.1) is 5.10 Å². The Labute approximate surface area is 94.4 Å². The number of methoxy groups -OCH3 is 1. The van der Waals surface area contributed by atoms with Crippen molar-refractivity contribution in [1.29, 1.82) is 0 Å². The third kappa shape index (κ3) is 3.52. The molecule has 0 aliphatic carbocycles. The van der Waals surface area contributed by atoms with E-state index >= 15 is 0 Å². The molecular formula is C10H18N2O2S. The van der Waals surface area contributed by atoms with E-state index in [1.807, 2.05) is 0 Å². The van der Waals surface area contributed by atoms with Crippen LogP contribution in [0.25, 0.3) is 0 Å². The van der Waals surface area contributed by atoms with E-state index < -0.39 is 6.10 Å². The molecule has 1 rings (SSSR count). The average molecular weight is 230 g/mol. The fraction of sp³-hybridized carbons (Fsp3) is 0.800. The van der Waals surface area contributed by atoms with E-state index in [4.69, 9.17) is 4.74 Å². The lowest BCUT2D eigenvalue weighted by Gasteiger charge is -2.10. The highest BCUT2D eigenvalue weighted by Crippen LogP contribution is 2.28. The van der Waals surface area contributed by atoms with Crippen molar-refractivity contribution in [2.24, 2.45) is 0 Å². The fourth-order valence-electron chi connectivity index (χ4n) is 1.39. The molecule has 0 aromatic carbocycles. The van der Waals surface area contributed by atoms with Gasteiger partial charge in [0.25, 0.3) is 0 Å². The Kier molecular flexibility index (Phi) is 5.14. The molecule has 1 N–H and O–H groups in total. The van der Waals surface area contributed by atoms with Crippen molar-refractivity contribution in [2.75, 3.05) is 13.7 Å². The van der Waals surface area contributed by atoms with Gasteiger partial charge in [0.15, 0.2) is 0 Å². The Morgan fingerprint density at radius 1 is 1.47 bits per heavy atom. The second-order valence-corrected chi connectivity index (χ2v) is 4.61. The van der Waals surface area contributed by atoms with Crippen LogP contribution in [0.3, 0.4) is 0 Å². The zero-order valence-electron chi connectivity index (χ0n) is 9.43. The van der Waals surface area contributed by atoms with E-state index in [2.05, 4.69) is 23.4 Å². The van der Waals surface area contributed by atoms with Crippen LogP contribution in [0, 0.1) is 0 Å². The van der Waals surface area contributed by atoms with Crippen LogP contribution in [-0.4, -0.2) is 28.4 Å². The number of ether oxygens (including phenoxy) is 1. The Balaban J connectivity index is 2.56. The highest BCUT2D eigenvalue weighted by molar-refractivity contribution is 7.05. The highest BCUT2D eigenvalue weighted by Gasteiger charge is 2.18. The molecule has 0 aliphatic rings. The van der Waals surface area contributed by atoms with E-state index in [9.17, 15) is 5.11 Å². The molecule has 0 amide bonds. The molecule has 86 valence electrons. The average Bonchev–Trinajstić information content (AvgIpc) is 2.66. The second kappa shape index (κ2) is 6.15. The first kappa shape index (κ1) is 12.5. The van der Waals surface area contributed by atoms with Crippen molar-refractivity contribution in [3.05, 3.63) is 10.6 Å². The molecular weight excluding hydrogens is 212 g/mol. The Morgan fingerprint density at radius 2 is 2.20 bits per heavy atom. The first-order chi connectivity index (χ1) is 7.16. The number of aliphatic hydroxyl groups excluding tert-OH is 1. The number of hydrogen-bond acceptors (Lipinski definition) is 5. The molecule has 0 fully saturated rings. The van der Waals surface area contributed by atoms with Crippen molar-refractivity contribution in [3.8, 4) is 0 Å². The van der Waals surface area contributed by atoms with Crippen LogP contribution >= 0.6 is 11.5 Å². The van der Waals surface area contributed by atoms with Crippen LogP contribution in [0.1, 0.15) is 49.3 Å². The zero-order chi connectivity index (χ0) is 11.3. The van der Waals surface area contributed by atoms with Crippen molar-refractivity contribution in [3.63, 3.8) is 0 Å². The highest BCUT2D eigenvalue weighted by atomic mass is 32.1. The normalized spacial score (nSPS) is 13.4. The molecule has 1 atom stereocenters. The van der Waals surface area contributed by atoms with E-state index in [-0.39, 0.29) is 0 Å². The summed E-state index contributed by atoms with van der Waals surface area (Å²) in [7, 11) is 1.67. The van der Waals surface area contributed by atoms with Crippen LogP contribution < -0.4 is 0 Å². The molecule has 0 saturated carbocycles. The van der Waals surface area contributed by atoms with Crippen molar-refractivity contribution >= 4 is 11.5 Å². The lowest BCUT2D eigenvalue weighted by molar-refractivity contribution is 0.137. The first-order valence-corrected chi connectivity index (χ1v) is 5.93. The van der Waals surface area contributed by atoms with Crippen molar-refractivity contribution in [1.82, 2.24) is 9.59 Å². The van der Waals surface area contributed by atoms with Gasteiger partial charge < -0.3 is 9.84 Å². The zero-order valence-corrected chi connectivity index (χ0v) is 10.3. The largest absolute Gasteiger partial charge is 0.387 e. The summed E-state index contributed by atoms with van der Waals surface area (Å²) >= 11 is 1.29. The molecule has 0 radical (unpaired) electrons. The van der Waals surface area contributed by atoms with E-state index in [0.717, 1.165) is 17.0 Å². The summed E-state index contributed by atoms with van der Waals surface area (Å²) in [5, 5.41) is 14.0. The number of nitrogens with zero attached hydrogens (tertiary/aromatic N) is 2. The van der Waals surface area contributed by atoms with E-state index in [1.165, 1.54) is 11.5 Å². The quantitative estimate of drug-likeness (QED) is 0.761. The van der Waals surface area contributed by atoms with Gasteiger partial charge in [0, 0.05) is 13.7 Å².